The van der Waals surface area contributed by atoms with Crippen LogP contribution in [0.2, 0.25) is 5.02 Å². The third kappa shape index (κ3) is 4.49. The number of piperidine rings is 1. The minimum absolute atomic E-state index is 0.288. The Labute approximate surface area is 131 Å². The molecule has 1 aliphatic rings. The van der Waals surface area contributed by atoms with Gasteiger partial charge in [-0.3, -0.25) is 0 Å². The van der Waals surface area contributed by atoms with Crippen molar-refractivity contribution in [3.8, 4) is 5.75 Å². The molecule has 0 spiro atoms. The highest BCUT2D eigenvalue weighted by molar-refractivity contribution is 7.88. The van der Waals surface area contributed by atoms with Crippen molar-refractivity contribution in [1.29, 1.82) is 0 Å². The monoisotopic (exact) mass is 332 g/mol. The van der Waals surface area contributed by atoms with Gasteiger partial charge >= 0.3 is 0 Å². The van der Waals surface area contributed by atoms with Crippen molar-refractivity contribution < 1.29 is 13.2 Å². The van der Waals surface area contributed by atoms with Crippen LogP contribution in [0.4, 0.5) is 5.69 Å². The highest BCUT2D eigenvalue weighted by Crippen LogP contribution is 2.27. The molecule has 21 heavy (non-hydrogen) atoms. The highest BCUT2D eigenvalue weighted by atomic mass is 35.5. The molecule has 0 bridgehead atoms. The molecule has 7 heteroatoms. The molecule has 1 unspecified atom stereocenters. The highest BCUT2D eigenvalue weighted by Gasteiger charge is 2.25. The van der Waals surface area contributed by atoms with Gasteiger partial charge in [-0.25, -0.2) is 12.7 Å². The largest absolute Gasteiger partial charge is 0.497 e. The first-order valence-corrected chi connectivity index (χ1v) is 9.15. The zero-order valence-electron chi connectivity index (χ0n) is 12.3. The van der Waals surface area contributed by atoms with Crippen molar-refractivity contribution in [2.75, 3.05) is 38.3 Å². The van der Waals surface area contributed by atoms with E-state index in [2.05, 4.69) is 5.32 Å². The molecule has 1 aromatic rings. The summed E-state index contributed by atoms with van der Waals surface area (Å²) < 4.78 is 30.0. The lowest BCUT2D eigenvalue weighted by Gasteiger charge is -2.31. The smallest absolute Gasteiger partial charge is 0.211 e. The van der Waals surface area contributed by atoms with E-state index in [-0.39, 0.29) is 5.92 Å². The van der Waals surface area contributed by atoms with Gasteiger partial charge in [0, 0.05) is 25.7 Å². The number of nitrogens with zero attached hydrogens (tertiary/aromatic N) is 1. The Morgan fingerprint density at radius 1 is 1.48 bits per heavy atom. The minimum atomic E-state index is -3.10. The van der Waals surface area contributed by atoms with Crippen LogP contribution in [-0.4, -0.2) is 45.7 Å². The molecule has 1 atom stereocenters. The van der Waals surface area contributed by atoms with Gasteiger partial charge in [0.05, 0.1) is 24.1 Å². The van der Waals surface area contributed by atoms with Gasteiger partial charge in [0.15, 0.2) is 0 Å². The third-order valence-corrected chi connectivity index (χ3v) is 5.30. The summed E-state index contributed by atoms with van der Waals surface area (Å²) in [4.78, 5) is 0. The van der Waals surface area contributed by atoms with E-state index in [4.69, 9.17) is 16.3 Å². The molecule has 1 aromatic carbocycles. The molecule has 1 saturated heterocycles. The van der Waals surface area contributed by atoms with Crippen LogP contribution >= 0.6 is 11.6 Å². The Morgan fingerprint density at radius 2 is 2.24 bits per heavy atom. The zero-order valence-corrected chi connectivity index (χ0v) is 13.9. The maximum Gasteiger partial charge on any atom is 0.211 e. The second-order valence-corrected chi connectivity index (χ2v) is 7.75. The molecule has 0 radical (unpaired) electrons. The van der Waals surface area contributed by atoms with Crippen LogP contribution in [0.3, 0.4) is 0 Å². The molecule has 2 rings (SSSR count). The maximum absolute atomic E-state index is 11.6. The molecule has 5 nitrogen and oxygen atoms in total. The summed E-state index contributed by atoms with van der Waals surface area (Å²) in [5.74, 6) is 1.03. The van der Waals surface area contributed by atoms with Crippen LogP contribution in [0.15, 0.2) is 18.2 Å². The number of halogens is 1. The average molecular weight is 333 g/mol. The standard InChI is InChI=1S/C14H21ClN2O3S/c1-20-12-5-6-13(15)14(8-12)16-9-11-4-3-7-17(10-11)21(2,18)19/h5-6,8,11,16H,3-4,7,9-10H2,1-2H3. The molecular weight excluding hydrogens is 312 g/mol. The Kier molecular flexibility index (Phi) is 5.35. The third-order valence-electron chi connectivity index (χ3n) is 3.71. The van der Waals surface area contributed by atoms with Crippen molar-refractivity contribution in [3.05, 3.63) is 23.2 Å². The van der Waals surface area contributed by atoms with E-state index in [0.29, 0.717) is 24.7 Å². The van der Waals surface area contributed by atoms with Crippen molar-refractivity contribution in [2.45, 2.75) is 12.8 Å². The lowest BCUT2D eigenvalue weighted by molar-refractivity contribution is 0.277. The second-order valence-electron chi connectivity index (χ2n) is 5.36. The number of methoxy groups -OCH3 is 1. The van der Waals surface area contributed by atoms with Gasteiger partial charge in [0.25, 0.3) is 0 Å². The molecule has 1 heterocycles. The van der Waals surface area contributed by atoms with Gasteiger partial charge in [0.2, 0.25) is 10.0 Å². The van der Waals surface area contributed by atoms with E-state index in [9.17, 15) is 8.42 Å². The normalized spacial score (nSPS) is 20.2. The summed E-state index contributed by atoms with van der Waals surface area (Å²) >= 11 is 6.15. The average Bonchev–Trinajstić information content (AvgIpc) is 2.46. The predicted molar refractivity (Wildman–Crippen MR) is 85.6 cm³/mol. The topological polar surface area (TPSA) is 58.6 Å². The fraction of sp³-hybridized carbons (Fsp3) is 0.571. The Hall–Kier alpha value is -0.980. The molecule has 0 amide bonds. The van der Waals surface area contributed by atoms with Gasteiger partial charge < -0.3 is 10.1 Å². The predicted octanol–water partition coefficient (Wildman–Crippen LogP) is 2.43. The molecule has 0 aliphatic carbocycles. The number of rotatable bonds is 5. The van der Waals surface area contributed by atoms with Crippen LogP contribution in [0.5, 0.6) is 5.75 Å². The van der Waals surface area contributed by atoms with E-state index in [1.54, 1.807) is 23.5 Å². The quantitative estimate of drug-likeness (QED) is 0.899. The van der Waals surface area contributed by atoms with E-state index < -0.39 is 10.0 Å². The zero-order chi connectivity index (χ0) is 15.5. The van der Waals surface area contributed by atoms with E-state index in [1.807, 2.05) is 6.07 Å². The van der Waals surface area contributed by atoms with Gasteiger partial charge in [-0.1, -0.05) is 11.6 Å². The van der Waals surface area contributed by atoms with Gasteiger partial charge in [-0.15, -0.1) is 0 Å². The lowest BCUT2D eigenvalue weighted by atomic mass is 9.99. The first kappa shape index (κ1) is 16.4. The summed E-state index contributed by atoms with van der Waals surface area (Å²) in [6.45, 7) is 1.88. The molecule has 0 saturated carbocycles. The molecular formula is C14H21ClN2O3S. The van der Waals surface area contributed by atoms with Crippen LogP contribution < -0.4 is 10.1 Å². The molecule has 1 N–H and O–H groups in total. The Balaban J connectivity index is 1.97. The number of ether oxygens (including phenoxy) is 1. The molecule has 0 aromatic heterocycles. The van der Waals surface area contributed by atoms with Crippen molar-refractivity contribution in [1.82, 2.24) is 4.31 Å². The summed E-state index contributed by atoms with van der Waals surface area (Å²) in [5, 5.41) is 3.93. The second kappa shape index (κ2) is 6.85. The Bertz CT molecular complexity index is 592. The minimum Gasteiger partial charge on any atom is -0.497 e. The van der Waals surface area contributed by atoms with E-state index in [0.717, 1.165) is 24.3 Å². The van der Waals surface area contributed by atoms with Crippen LogP contribution in [0, 0.1) is 5.92 Å². The number of hydrogen-bond donors (Lipinski definition) is 1. The van der Waals surface area contributed by atoms with Crippen LogP contribution in [0.1, 0.15) is 12.8 Å². The van der Waals surface area contributed by atoms with Crippen molar-refractivity contribution in [3.63, 3.8) is 0 Å². The summed E-state index contributed by atoms with van der Waals surface area (Å²) in [6, 6.07) is 5.44. The summed E-state index contributed by atoms with van der Waals surface area (Å²) in [6.07, 6.45) is 3.17. The van der Waals surface area contributed by atoms with Crippen LogP contribution in [-0.2, 0) is 10.0 Å². The lowest BCUT2D eigenvalue weighted by Crippen LogP contribution is -2.41. The van der Waals surface area contributed by atoms with Crippen molar-refractivity contribution >= 4 is 27.3 Å². The molecule has 1 fully saturated rings. The van der Waals surface area contributed by atoms with Gasteiger partial charge in [0.1, 0.15) is 5.75 Å². The van der Waals surface area contributed by atoms with Crippen molar-refractivity contribution in [2.24, 2.45) is 5.92 Å². The van der Waals surface area contributed by atoms with E-state index in [1.165, 1.54) is 6.26 Å². The van der Waals surface area contributed by atoms with E-state index >= 15 is 0 Å². The fourth-order valence-corrected chi connectivity index (χ4v) is 3.64. The summed E-state index contributed by atoms with van der Waals surface area (Å²) in [7, 11) is -1.49. The van der Waals surface area contributed by atoms with Gasteiger partial charge in [-0.05, 0) is 30.9 Å². The first-order valence-electron chi connectivity index (χ1n) is 6.92. The number of anilines is 1. The summed E-state index contributed by atoms with van der Waals surface area (Å²) in [5.41, 5.74) is 0.812. The maximum atomic E-state index is 11.6. The fourth-order valence-electron chi connectivity index (χ4n) is 2.52. The SMILES string of the molecule is COc1ccc(Cl)c(NCC2CCCN(S(C)(=O)=O)C2)c1. The number of nitrogens with one attached hydrogen (secondary N) is 1. The number of sulfonamides is 1. The van der Waals surface area contributed by atoms with Crippen LogP contribution in [0.25, 0.3) is 0 Å². The van der Waals surface area contributed by atoms with Gasteiger partial charge in [-0.2, -0.15) is 0 Å². The first-order chi connectivity index (χ1) is 9.90. The number of benzene rings is 1. The number of hydrogen-bond acceptors (Lipinski definition) is 4. The Morgan fingerprint density at radius 3 is 2.90 bits per heavy atom. The molecule has 1 aliphatic heterocycles. The molecule has 118 valence electrons.